The molecule has 0 aromatic heterocycles. The molecule has 0 N–H and O–H groups in total. The normalized spacial score (nSPS) is 14.5. The van der Waals surface area contributed by atoms with Crippen LogP contribution >= 0.6 is 35.0 Å². The minimum Gasteiger partial charge on any atom is -0.263 e. The summed E-state index contributed by atoms with van der Waals surface area (Å²) in [6.07, 6.45) is 0. The fourth-order valence-electron chi connectivity index (χ4n) is 2.49. The van der Waals surface area contributed by atoms with E-state index >= 15 is 0 Å². The SMILES string of the molecule is O=C1C(=O)N(Cc2ccccc2)C(=O)N1CCSc1cc(Cl)ccc1Cl. The predicted octanol–water partition coefficient (Wildman–Crippen LogP) is 4.08. The molecule has 5 nitrogen and oxygen atoms in total. The van der Waals surface area contributed by atoms with E-state index in [1.54, 1.807) is 30.3 Å². The van der Waals surface area contributed by atoms with Gasteiger partial charge in [0, 0.05) is 22.2 Å². The number of rotatable bonds is 6. The van der Waals surface area contributed by atoms with Crippen LogP contribution in [0, 0.1) is 0 Å². The summed E-state index contributed by atoms with van der Waals surface area (Å²) in [5, 5.41) is 1.09. The van der Waals surface area contributed by atoms with E-state index in [1.807, 2.05) is 18.2 Å². The molecule has 2 aromatic carbocycles. The number of benzene rings is 2. The molecule has 2 aromatic rings. The van der Waals surface area contributed by atoms with E-state index in [0.717, 1.165) is 20.3 Å². The van der Waals surface area contributed by atoms with E-state index in [9.17, 15) is 14.4 Å². The zero-order valence-electron chi connectivity index (χ0n) is 13.5. The number of hydrogen-bond donors (Lipinski definition) is 0. The molecule has 1 heterocycles. The Labute approximate surface area is 164 Å². The Morgan fingerprint density at radius 2 is 1.58 bits per heavy atom. The molecule has 0 radical (unpaired) electrons. The third-order valence-corrected chi connectivity index (χ3v) is 5.50. The Morgan fingerprint density at radius 3 is 2.31 bits per heavy atom. The van der Waals surface area contributed by atoms with E-state index in [4.69, 9.17) is 23.2 Å². The molecule has 0 saturated carbocycles. The first kappa shape index (κ1) is 18.8. The Kier molecular flexibility index (Phi) is 5.86. The number of carbonyl (C=O) groups is 3. The Morgan fingerprint density at radius 1 is 0.885 bits per heavy atom. The van der Waals surface area contributed by atoms with Crippen molar-refractivity contribution < 1.29 is 14.4 Å². The second-order valence-electron chi connectivity index (χ2n) is 5.54. The molecule has 4 amide bonds. The molecule has 1 fully saturated rings. The van der Waals surface area contributed by atoms with Crippen LogP contribution in [0.1, 0.15) is 5.56 Å². The maximum atomic E-state index is 12.4. The van der Waals surface area contributed by atoms with E-state index in [0.29, 0.717) is 15.8 Å². The molecule has 3 rings (SSSR count). The first-order chi connectivity index (χ1) is 12.5. The van der Waals surface area contributed by atoms with Gasteiger partial charge in [-0.2, -0.15) is 0 Å². The average Bonchev–Trinajstić information content (AvgIpc) is 2.83. The fraction of sp³-hybridized carbons (Fsp3) is 0.167. The maximum absolute atomic E-state index is 12.4. The van der Waals surface area contributed by atoms with E-state index in [1.165, 1.54) is 11.8 Å². The standard InChI is InChI=1S/C18H14Cl2N2O3S/c19-13-6-7-14(20)15(10-13)26-9-8-21-16(23)17(24)22(18(21)25)11-12-4-2-1-3-5-12/h1-7,10H,8-9,11H2. The van der Waals surface area contributed by atoms with Crippen LogP contribution in [0.2, 0.25) is 10.0 Å². The van der Waals surface area contributed by atoms with Crippen LogP contribution in [-0.2, 0) is 16.1 Å². The first-order valence-corrected chi connectivity index (χ1v) is 9.50. The van der Waals surface area contributed by atoms with Gasteiger partial charge in [-0.1, -0.05) is 53.5 Å². The van der Waals surface area contributed by atoms with Gasteiger partial charge in [-0.25, -0.2) is 4.79 Å². The lowest BCUT2D eigenvalue weighted by Crippen LogP contribution is -2.34. The highest BCUT2D eigenvalue weighted by Gasteiger charge is 2.43. The molecule has 1 aliphatic rings. The summed E-state index contributed by atoms with van der Waals surface area (Å²) in [5.74, 6) is -1.20. The molecule has 134 valence electrons. The number of hydrogen-bond acceptors (Lipinski definition) is 4. The van der Waals surface area contributed by atoms with Crippen molar-refractivity contribution in [2.45, 2.75) is 11.4 Å². The molecule has 26 heavy (non-hydrogen) atoms. The number of amides is 4. The van der Waals surface area contributed by atoms with E-state index in [-0.39, 0.29) is 13.1 Å². The van der Waals surface area contributed by atoms with Gasteiger partial charge < -0.3 is 0 Å². The van der Waals surface area contributed by atoms with Gasteiger partial charge in [-0.3, -0.25) is 19.4 Å². The summed E-state index contributed by atoms with van der Waals surface area (Å²) in [6, 6.07) is 13.5. The quantitative estimate of drug-likeness (QED) is 0.410. The molecule has 0 aliphatic carbocycles. The van der Waals surface area contributed by atoms with Gasteiger partial charge in [-0.05, 0) is 23.8 Å². The lowest BCUT2D eigenvalue weighted by atomic mass is 10.2. The van der Waals surface area contributed by atoms with Crippen molar-refractivity contribution in [2.24, 2.45) is 0 Å². The van der Waals surface area contributed by atoms with Crippen molar-refractivity contribution in [1.29, 1.82) is 0 Å². The van der Waals surface area contributed by atoms with Crippen LogP contribution in [0.15, 0.2) is 53.4 Å². The molecular formula is C18H14Cl2N2O3S. The zero-order chi connectivity index (χ0) is 18.7. The summed E-state index contributed by atoms with van der Waals surface area (Å²) in [5.41, 5.74) is 0.781. The second-order valence-corrected chi connectivity index (χ2v) is 7.52. The second kappa shape index (κ2) is 8.12. The minimum atomic E-state index is -0.802. The summed E-state index contributed by atoms with van der Waals surface area (Å²) in [4.78, 5) is 39.4. The number of imide groups is 2. The lowest BCUT2D eigenvalue weighted by Gasteiger charge is -2.15. The molecule has 1 saturated heterocycles. The lowest BCUT2D eigenvalue weighted by molar-refractivity contribution is -0.143. The average molecular weight is 409 g/mol. The van der Waals surface area contributed by atoms with Crippen molar-refractivity contribution >= 4 is 52.8 Å². The van der Waals surface area contributed by atoms with Gasteiger partial charge in [0.25, 0.3) is 0 Å². The van der Waals surface area contributed by atoms with Gasteiger partial charge in [0.2, 0.25) is 0 Å². The highest BCUT2D eigenvalue weighted by molar-refractivity contribution is 7.99. The summed E-state index contributed by atoms with van der Waals surface area (Å²) >= 11 is 13.4. The first-order valence-electron chi connectivity index (χ1n) is 7.76. The highest BCUT2D eigenvalue weighted by atomic mass is 35.5. The van der Waals surface area contributed by atoms with Gasteiger partial charge in [-0.15, -0.1) is 11.8 Å². The molecule has 0 unspecified atom stereocenters. The molecule has 0 bridgehead atoms. The van der Waals surface area contributed by atoms with Crippen LogP contribution < -0.4 is 0 Å². The fourth-order valence-corrected chi connectivity index (χ4v) is 3.92. The van der Waals surface area contributed by atoms with Crippen LogP contribution in [0.5, 0.6) is 0 Å². The Hall–Kier alpha value is -2.02. The maximum Gasteiger partial charge on any atom is 0.334 e. The number of nitrogens with zero attached hydrogens (tertiary/aromatic N) is 2. The number of carbonyl (C=O) groups excluding carboxylic acids is 3. The van der Waals surface area contributed by atoms with Gasteiger partial charge in [0.15, 0.2) is 0 Å². The summed E-state index contributed by atoms with van der Waals surface area (Å²) < 4.78 is 0. The molecule has 0 atom stereocenters. The van der Waals surface area contributed by atoms with Crippen LogP contribution in [0.25, 0.3) is 0 Å². The topological polar surface area (TPSA) is 57.7 Å². The number of thioether (sulfide) groups is 1. The third-order valence-electron chi connectivity index (χ3n) is 3.78. The van der Waals surface area contributed by atoms with Gasteiger partial charge >= 0.3 is 17.8 Å². The van der Waals surface area contributed by atoms with Gasteiger partial charge in [0.1, 0.15) is 0 Å². The predicted molar refractivity (Wildman–Crippen MR) is 101 cm³/mol. The van der Waals surface area contributed by atoms with E-state index in [2.05, 4.69) is 0 Å². The number of halogens is 2. The number of urea groups is 1. The van der Waals surface area contributed by atoms with Crippen LogP contribution in [0.3, 0.4) is 0 Å². The highest BCUT2D eigenvalue weighted by Crippen LogP contribution is 2.30. The van der Waals surface area contributed by atoms with Crippen molar-refractivity contribution in [1.82, 2.24) is 9.80 Å². The Bertz CT molecular complexity index is 861. The van der Waals surface area contributed by atoms with E-state index < -0.39 is 17.8 Å². The van der Waals surface area contributed by atoms with Crippen molar-refractivity contribution in [2.75, 3.05) is 12.3 Å². The van der Waals surface area contributed by atoms with Gasteiger partial charge in [0.05, 0.1) is 11.6 Å². The van der Waals surface area contributed by atoms with Crippen molar-refractivity contribution in [3.8, 4) is 0 Å². The summed E-state index contributed by atoms with van der Waals surface area (Å²) in [7, 11) is 0. The third kappa shape index (κ3) is 4.03. The van der Waals surface area contributed by atoms with Crippen LogP contribution in [-0.4, -0.2) is 39.9 Å². The molecular weight excluding hydrogens is 395 g/mol. The molecule has 8 heteroatoms. The minimum absolute atomic E-state index is 0.0774. The Balaban J connectivity index is 1.63. The largest absolute Gasteiger partial charge is 0.334 e. The molecule has 0 spiro atoms. The van der Waals surface area contributed by atoms with Crippen molar-refractivity contribution in [3.63, 3.8) is 0 Å². The zero-order valence-corrected chi connectivity index (χ0v) is 15.9. The smallest absolute Gasteiger partial charge is 0.263 e. The van der Waals surface area contributed by atoms with Crippen molar-refractivity contribution in [3.05, 3.63) is 64.1 Å². The molecule has 1 aliphatic heterocycles. The monoisotopic (exact) mass is 408 g/mol. The van der Waals surface area contributed by atoms with Crippen LogP contribution in [0.4, 0.5) is 4.79 Å². The summed E-state index contributed by atoms with van der Waals surface area (Å²) in [6.45, 7) is 0.191.